The zero-order chi connectivity index (χ0) is 7.40. The number of hydrogen-bond acceptors (Lipinski definition) is 2. The van der Waals surface area contributed by atoms with E-state index in [0.29, 0.717) is 12.2 Å². The van der Waals surface area contributed by atoms with E-state index in [9.17, 15) is 5.11 Å². The van der Waals surface area contributed by atoms with Crippen LogP contribution in [0.4, 0.5) is 0 Å². The first-order chi connectivity index (χ1) is 4.83. The number of aliphatic imine (C=N–C) groups is 1. The highest BCUT2D eigenvalue weighted by Crippen LogP contribution is 2.13. The summed E-state index contributed by atoms with van der Waals surface area (Å²) in [7, 11) is 0. The van der Waals surface area contributed by atoms with E-state index < -0.39 is 0 Å². The van der Waals surface area contributed by atoms with E-state index in [0.717, 1.165) is 5.70 Å². The summed E-state index contributed by atoms with van der Waals surface area (Å²) in [5.74, 6) is 0.472. The fourth-order valence-corrected chi connectivity index (χ4v) is 1.06. The van der Waals surface area contributed by atoms with Crippen molar-refractivity contribution in [1.82, 2.24) is 0 Å². The van der Waals surface area contributed by atoms with Gasteiger partial charge in [-0.3, -0.25) is 5.11 Å². The minimum atomic E-state index is -0.244. The SMILES string of the molecule is [CH2]SCC1=CC[C]C([O])=N1. The van der Waals surface area contributed by atoms with Gasteiger partial charge in [-0.25, -0.2) is 4.99 Å². The highest BCUT2D eigenvalue weighted by molar-refractivity contribution is 8.00. The van der Waals surface area contributed by atoms with Crippen molar-refractivity contribution in [3.8, 4) is 0 Å². The molecule has 0 bridgehead atoms. The van der Waals surface area contributed by atoms with Crippen LogP contribution in [0, 0.1) is 12.7 Å². The maximum atomic E-state index is 10.6. The van der Waals surface area contributed by atoms with Crippen LogP contribution < -0.4 is 0 Å². The van der Waals surface area contributed by atoms with E-state index in [4.69, 9.17) is 0 Å². The van der Waals surface area contributed by atoms with E-state index in [2.05, 4.69) is 17.7 Å². The molecule has 0 amide bonds. The maximum absolute atomic E-state index is 10.6. The zero-order valence-corrected chi connectivity index (χ0v) is 6.28. The van der Waals surface area contributed by atoms with Crippen molar-refractivity contribution < 1.29 is 5.11 Å². The van der Waals surface area contributed by atoms with Crippen LogP contribution in [0.5, 0.6) is 0 Å². The van der Waals surface area contributed by atoms with Crippen molar-refractivity contribution in [2.45, 2.75) is 6.42 Å². The molecule has 0 aliphatic carbocycles. The van der Waals surface area contributed by atoms with Gasteiger partial charge in [0, 0.05) is 12.0 Å². The fourth-order valence-electron chi connectivity index (χ4n) is 0.668. The van der Waals surface area contributed by atoms with Gasteiger partial charge >= 0.3 is 0 Å². The molecule has 0 fully saturated rings. The Morgan fingerprint density at radius 2 is 2.70 bits per heavy atom. The molecule has 52 valence electrons. The van der Waals surface area contributed by atoms with Crippen LogP contribution in [0.1, 0.15) is 6.42 Å². The summed E-state index contributed by atoms with van der Waals surface area (Å²) < 4.78 is 0. The summed E-state index contributed by atoms with van der Waals surface area (Å²) in [5.41, 5.74) is 0.823. The predicted octanol–water partition coefficient (Wildman–Crippen LogP) is 1.71. The van der Waals surface area contributed by atoms with Crippen molar-refractivity contribution >= 4 is 17.7 Å². The first kappa shape index (κ1) is 7.66. The molecule has 0 saturated carbocycles. The second-order valence-electron chi connectivity index (χ2n) is 1.84. The largest absolute Gasteiger partial charge is 0.272 e. The molecule has 2 nitrogen and oxygen atoms in total. The molecule has 0 aromatic carbocycles. The van der Waals surface area contributed by atoms with E-state index in [1.165, 1.54) is 11.8 Å². The lowest BCUT2D eigenvalue weighted by atomic mass is 10.2. The van der Waals surface area contributed by atoms with Crippen molar-refractivity contribution in [2.75, 3.05) is 5.75 Å². The van der Waals surface area contributed by atoms with Crippen LogP contribution >= 0.6 is 11.8 Å². The highest BCUT2D eigenvalue weighted by atomic mass is 32.2. The van der Waals surface area contributed by atoms with Gasteiger partial charge in [0.15, 0.2) is 0 Å². The van der Waals surface area contributed by atoms with Crippen molar-refractivity contribution in [3.63, 3.8) is 0 Å². The third-order valence-electron chi connectivity index (χ3n) is 1.09. The van der Waals surface area contributed by atoms with Crippen molar-refractivity contribution in [1.29, 1.82) is 0 Å². The van der Waals surface area contributed by atoms with Gasteiger partial charge in [-0.15, -0.1) is 0 Å². The fraction of sp³-hybridized carbons (Fsp3) is 0.286. The maximum Gasteiger partial charge on any atom is 0.254 e. The Morgan fingerprint density at radius 1 is 1.90 bits per heavy atom. The molecule has 0 spiro atoms. The zero-order valence-electron chi connectivity index (χ0n) is 5.46. The lowest BCUT2D eigenvalue weighted by Crippen LogP contribution is -2.01. The first-order valence-electron chi connectivity index (χ1n) is 2.88. The van der Waals surface area contributed by atoms with Gasteiger partial charge in [-0.05, 0) is 6.42 Å². The number of nitrogens with zero attached hydrogens (tertiary/aromatic N) is 1. The molecular weight excluding hydrogens is 146 g/mol. The smallest absolute Gasteiger partial charge is 0.254 e. The average Bonchev–Trinajstić information content (AvgIpc) is 1.88. The lowest BCUT2D eigenvalue weighted by Gasteiger charge is -2.03. The lowest BCUT2D eigenvalue weighted by molar-refractivity contribution is 0.424. The van der Waals surface area contributed by atoms with Crippen LogP contribution in [-0.2, 0) is 5.11 Å². The molecule has 0 aromatic rings. The molecule has 1 rings (SSSR count). The Bertz CT molecular complexity index is 174. The summed E-state index contributed by atoms with van der Waals surface area (Å²) in [5, 5.41) is 10.6. The van der Waals surface area contributed by atoms with Crippen LogP contribution in [0.15, 0.2) is 16.8 Å². The number of allylic oxidation sites excluding steroid dienone is 1. The van der Waals surface area contributed by atoms with Gasteiger partial charge in [0.05, 0.1) is 12.1 Å². The minimum absolute atomic E-state index is 0.244. The normalized spacial score (nSPS) is 18.1. The average molecular weight is 153 g/mol. The topological polar surface area (TPSA) is 32.3 Å². The predicted molar refractivity (Wildman–Crippen MR) is 41.9 cm³/mol. The Balaban J connectivity index is 2.51. The quantitative estimate of drug-likeness (QED) is 0.594. The highest BCUT2D eigenvalue weighted by Gasteiger charge is 2.06. The molecule has 4 radical (unpaired) electrons. The molecule has 3 heteroatoms. The molecule has 10 heavy (non-hydrogen) atoms. The van der Waals surface area contributed by atoms with Gasteiger partial charge in [-0.2, -0.15) is 11.8 Å². The summed E-state index contributed by atoms with van der Waals surface area (Å²) in [6, 6.07) is 0. The van der Waals surface area contributed by atoms with Crippen LogP contribution in [0.25, 0.3) is 0 Å². The number of hydrogen-bond donors (Lipinski definition) is 0. The first-order valence-corrected chi connectivity index (χ1v) is 4.04. The third kappa shape index (κ3) is 2.06. The van der Waals surface area contributed by atoms with E-state index in [1.807, 2.05) is 6.08 Å². The Labute approximate surface area is 65.0 Å². The molecule has 0 aromatic heterocycles. The summed E-state index contributed by atoms with van der Waals surface area (Å²) in [6.07, 6.45) is 8.63. The van der Waals surface area contributed by atoms with Gasteiger partial charge in [0.25, 0.3) is 5.90 Å². The van der Waals surface area contributed by atoms with E-state index in [1.54, 1.807) is 0 Å². The molecular formula is C7H7NOS. The molecule has 1 aliphatic rings. The molecule has 0 N–H and O–H groups in total. The second kappa shape index (κ2) is 3.66. The number of thioether (sulfide) groups is 1. The third-order valence-corrected chi connectivity index (χ3v) is 1.59. The standard InChI is InChI=1S/C7H7NOS/c1-10-5-6-3-2-4-7(9)8-6/h3H,1-2,5H2. The van der Waals surface area contributed by atoms with Gasteiger partial charge in [-0.1, -0.05) is 6.08 Å². The molecule has 1 heterocycles. The molecule has 0 atom stereocenters. The van der Waals surface area contributed by atoms with E-state index in [-0.39, 0.29) is 5.90 Å². The summed E-state index contributed by atoms with van der Waals surface area (Å²) in [6.45, 7) is 0. The van der Waals surface area contributed by atoms with Gasteiger partial charge in [0.2, 0.25) is 0 Å². The number of rotatable bonds is 2. The van der Waals surface area contributed by atoms with Crippen molar-refractivity contribution in [2.24, 2.45) is 4.99 Å². The second-order valence-corrected chi connectivity index (χ2v) is 2.54. The minimum Gasteiger partial charge on any atom is -0.272 e. The van der Waals surface area contributed by atoms with Crippen LogP contribution in [-0.4, -0.2) is 11.7 Å². The van der Waals surface area contributed by atoms with Gasteiger partial charge in [0.1, 0.15) is 0 Å². The monoisotopic (exact) mass is 153 g/mol. The summed E-state index contributed by atoms with van der Waals surface area (Å²) in [4.78, 5) is 3.72. The Morgan fingerprint density at radius 3 is 3.30 bits per heavy atom. The van der Waals surface area contributed by atoms with Gasteiger partial charge < -0.3 is 0 Å². The summed E-state index contributed by atoms with van der Waals surface area (Å²) >= 11 is 1.42. The van der Waals surface area contributed by atoms with Crippen LogP contribution in [0.3, 0.4) is 0 Å². The van der Waals surface area contributed by atoms with Crippen LogP contribution in [0.2, 0.25) is 0 Å². The van der Waals surface area contributed by atoms with Crippen molar-refractivity contribution in [3.05, 3.63) is 24.4 Å². The van der Waals surface area contributed by atoms with E-state index >= 15 is 0 Å². The Hall–Kier alpha value is -0.440. The Kier molecular flexibility index (Phi) is 2.81. The molecule has 1 aliphatic heterocycles. The molecule has 0 saturated heterocycles. The molecule has 0 unspecified atom stereocenters.